The summed E-state index contributed by atoms with van der Waals surface area (Å²) < 4.78 is 0. The third kappa shape index (κ3) is 2.66. The number of anilines is 4. The molecule has 1 aliphatic carbocycles. The molecule has 0 unspecified atom stereocenters. The second-order valence-corrected chi connectivity index (χ2v) is 12.1. The Morgan fingerprint density at radius 1 is 0.364 bits per heavy atom. The fraction of sp³-hybridized carbons (Fsp3) is 0.100. The SMILES string of the molecule is CN1c2ccccc2C2(c3ccccc31)c1cccc(O)c1-c1c(O)cccc1C21c2ccccc2N(C)c2ccccc21. The fourth-order valence-electron chi connectivity index (χ4n) is 8.91. The first-order valence-electron chi connectivity index (χ1n) is 15.0. The van der Waals surface area contributed by atoms with Gasteiger partial charge >= 0.3 is 0 Å². The number of fused-ring (bicyclic) bond motifs is 14. The molecule has 6 aromatic carbocycles. The van der Waals surface area contributed by atoms with Crippen LogP contribution in [0.2, 0.25) is 0 Å². The zero-order chi connectivity index (χ0) is 29.8. The number of phenolic OH excluding ortho intramolecular Hbond substituents is 2. The molecule has 3 aliphatic rings. The smallest absolute Gasteiger partial charge is 0.123 e. The van der Waals surface area contributed by atoms with Gasteiger partial charge in [-0.3, -0.25) is 0 Å². The maximum Gasteiger partial charge on any atom is 0.123 e. The van der Waals surface area contributed by atoms with Gasteiger partial charge in [-0.25, -0.2) is 0 Å². The molecule has 4 nitrogen and oxygen atoms in total. The quantitative estimate of drug-likeness (QED) is 0.192. The first-order chi connectivity index (χ1) is 21.5. The number of hydrogen-bond donors (Lipinski definition) is 2. The maximum absolute atomic E-state index is 11.8. The molecule has 6 aromatic rings. The van der Waals surface area contributed by atoms with Gasteiger partial charge in [0, 0.05) is 48.0 Å². The van der Waals surface area contributed by atoms with E-state index in [4.69, 9.17) is 0 Å². The first kappa shape index (κ1) is 25.1. The first-order valence-corrected chi connectivity index (χ1v) is 15.0. The second kappa shape index (κ2) is 8.55. The number of hydrogen-bond acceptors (Lipinski definition) is 4. The van der Waals surface area contributed by atoms with Crippen LogP contribution >= 0.6 is 0 Å². The van der Waals surface area contributed by atoms with Gasteiger partial charge in [0.25, 0.3) is 0 Å². The molecule has 0 amide bonds. The normalized spacial score (nSPS) is 16.0. The molecule has 0 saturated heterocycles. The Bertz CT molecular complexity index is 1920. The average Bonchev–Trinajstić information content (AvgIpc) is 3.07. The molecule has 0 radical (unpaired) electrons. The molecule has 2 aliphatic heterocycles. The number of phenols is 2. The highest BCUT2D eigenvalue weighted by Gasteiger charge is 2.66. The van der Waals surface area contributed by atoms with Gasteiger partial charge in [0.15, 0.2) is 0 Å². The van der Waals surface area contributed by atoms with Crippen molar-refractivity contribution in [1.82, 2.24) is 0 Å². The highest BCUT2D eigenvalue weighted by molar-refractivity contribution is 5.98. The zero-order valence-electron chi connectivity index (χ0n) is 24.5. The standard InChI is InChI=1S/C40H30N2O2/c1-41-31-19-7-3-13-25(31)39(26-14-4-8-20-32(26)41)29-17-11-23-35(43)37(29)38-30(18-12-24-36(38)44)40(39)27-15-5-9-21-33(27)42(2)34-22-10-6-16-28(34)40/h3-24,43-44H,1-2H3. The lowest BCUT2D eigenvalue weighted by molar-refractivity contribution is 0.398. The Kier molecular flexibility index (Phi) is 4.87. The molecule has 0 aromatic heterocycles. The van der Waals surface area contributed by atoms with E-state index in [2.05, 4.69) is 133 Å². The van der Waals surface area contributed by atoms with E-state index < -0.39 is 10.8 Å². The Morgan fingerprint density at radius 3 is 0.955 bits per heavy atom. The molecule has 0 bridgehead atoms. The van der Waals surface area contributed by atoms with Crippen LogP contribution in [0.3, 0.4) is 0 Å². The van der Waals surface area contributed by atoms with Crippen LogP contribution in [0.4, 0.5) is 22.7 Å². The van der Waals surface area contributed by atoms with Crippen LogP contribution in [0.1, 0.15) is 33.4 Å². The second-order valence-electron chi connectivity index (χ2n) is 12.1. The molecule has 2 N–H and O–H groups in total. The van der Waals surface area contributed by atoms with Crippen molar-refractivity contribution in [3.8, 4) is 22.6 Å². The van der Waals surface area contributed by atoms with Crippen LogP contribution in [-0.2, 0) is 10.8 Å². The van der Waals surface area contributed by atoms with Crippen molar-refractivity contribution in [1.29, 1.82) is 0 Å². The fourth-order valence-corrected chi connectivity index (χ4v) is 8.91. The van der Waals surface area contributed by atoms with Crippen LogP contribution in [0.15, 0.2) is 133 Å². The maximum atomic E-state index is 11.8. The lowest BCUT2D eigenvalue weighted by atomic mass is 9.42. The van der Waals surface area contributed by atoms with E-state index in [1.807, 2.05) is 12.1 Å². The van der Waals surface area contributed by atoms with Crippen LogP contribution in [-0.4, -0.2) is 24.3 Å². The molecule has 9 rings (SSSR count). The van der Waals surface area contributed by atoms with Crippen molar-refractivity contribution >= 4 is 22.7 Å². The highest BCUT2D eigenvalue weighted by Crippen LogP contribution is 2.73. The van der Waals surface area contributed by atoms with Crippen molar-refractivity contribution in [3.63, 3.8) is 0 Å². The minimum absolute atomic E-state index is 0.155. The molecule has 0 atom stereocenters. The summed E-state index contributed by atoms with van der Waals surface area (Å²) >= 11 is 0. The average molecular weight is 571 g/mol. The van der Waals surface area contributed by atoms with Crippen molar-refractivity contribution in [2.75, 3.05) is 23.9 Å². The summed E-state index contributed by atoms with van der Waals surface area (Å²) in [5, 5.41) is 23.6. The predicted molar refractivity (Wildman–Crippen MR) is 177 cm³/mol. The van der Waals surface area contributed by atoms with Crippen LogP contribution in [0.5, 0.6) is 11.5 Å². The van der Waals surface area contributed by atoms with Gasteiger partial charge in [0.1, 0.15) is 11.5 Å². The molecule has 212 valence electrons. The third-order valence-corrected chi connectivity index (χ3v) is 10.4. The van der Waals surface area contributed by atoms with E-state index in [1.165, 1.54) is 0 Å². The minimum Gasteiger partial charge on any atom is -0.507 e. The Hall–Kier alpha value is -5.48. The molecular formula is C40H30N2O2. The summed E-state index contributed by atoms with van der Waals surface area (Å²) in [5.74, 6) is 0.311. The van der Waals surface area contributed by atoms with Crippen molar-refractivity contribution in [2.24, 2.45) is 0 Å². The van der Waals surface area contributed by atoms with Crippen LogP contribution in [0.25, 0.3) is 11.1 Å². The number of aromatic hydroxyl groups is 2. The lowest BCUT2D eigenvalue weighted by Gasteiger charge is -2.61. The van der Waals surface area contributed by atoms with Gasteiger partial charge in [0.2, 0.25) is 0 Å². The largest absolute Gasteiger partial charge is 0.507 e. The van der Waals surface area contributed by atoms with Gasteiger partial charge in [-0.05, 0) is 69.8 Å². The van der Waals surface area contributed by atoms with E-state index >= 15 is 0 Å². The minimum atomic E-state index is -0.838. The number of para-hydroxylation sites is 4. The summed E-state index contributed by atoms with van der Waals surface area (Å²) in [6.45, 7) is 0. The topological polar surface area (TPSA) is 46.9 Å². The number of rotatable bonds is 0. The van der Waals surface area contributed by atoms with E-state index in [9.17, 15) is 10.2 Å². The molecule has 44 heavy (non-hydrogen) atoms. The zero-order valence-corrected chi connectivity index (χ0v) is 24.5. The van der Waals surface area contributed by atoms with E-state index in [1.54, 1.807) is 12.1 Å². The van der Waals surface area contributed by atoms with Gasteiger partial charge in [0.05, 0.1) is 10.8 Å². The summed E-state index contributed by atoms with van der Waals surface area (Å²) in [7, 11) is 4.28. The van der Waals surface area contributed by atoms with Gasteiger partial charge < -0.3 is 20.0 Å². The molecular weight excluding hydrogens is 540 g/mol. The van der Waals surface area contributed by atoms with Crippen molar-refractivity contribution < 1.29 is 10.2 Å². The monoisotopic (exact) mass is 570 g/mol. The van der Waals surface area contributed by atoms with Gasteiger partial charge in [-0.1, -0.05) is 97.1 Å². The Balaban J connectivity index is 1.66. The highest BCUT2D eigenvalue weighted by atomic mass is 16.3. The summed E-state index contributed by atoms with van der Waals surface area (Å²) in [4.78, 5) is 4.58. The molecule has 4 heteroatoms. The third-order valence-electron chi connectivity index (χ3n) is 10.4. The van der Waals surface area contributed by atoms with E-state index in [0.29, 0.717) is 11.1 Å². The Labute approximate surface area is 256 Å². The summed E-state index contributed by atoms with van der Waals surface area (Å²) in [6.07, 6.45) is 0. The van der Waals surface area contributed by atoms with Gasteiger partial charge in [-0.2, -0.15) is 0 Å². The molecule has 2 spiro atoms. The van der Waals surface area contributed by atoms with Crippen molar-refractivity contribution in [2.45, 2.75) is 10.8 Å². The van der Waals surface area contributed by atoms with Crippen LogP contribution < -0.4 is 9.80 Å². The molecule has 0 fully saturated rings. The predicted octanol–water partition coefficient (Wildman–Crippen LogP) is 8.61. The van der Waals surface area contributed by atoms with Gasteiger partial charge in [-0.15, -0.1) is 0 Å². The lowest BCUT2D eigenvalue weighted by Crippen LogP contribution is -2.58. The molecule has 0 saturated carbocycles. The Morgan fingerprint density at radius 2 is 0.636 bits per heavy atom. The van der Waals surface area contributed by atoms with E-state index in [0.717, 1.165) is 56.1 Å². The summed E-state index contributed by atoms with van der Waals surface area (Å²) in [6, 6.07) is 46.5. The molecule has 2 heterocycles. The van der Waals surface area contributed by atoms with Crippen LogP contribution in [0, 0.1) is 0 Å². The number of benzene rings is 6. The summed E-state index contributed by atoms with van der Waals surface area (Å²) in [5.41, 5.74) is 10.6. The van der Waals surface area contributed by atoms with E-state index in [-0.39, 0.29) is 11.5 Å². The van der Waals surface area contributed by atoms with Crippen molar-refractivity contribution in [3.05, 3.63) is 167 Å². The number of nitrogens with zero attached hydrogens (tertiary/aromatic N) is 2.